The van der Waals surface area contributed by atoms with Crippen molar-refractivity contribution in [1.82, 2.24) is 0 Å². The Morgan fingerprint density at radius 3 is 2.79 bits per heavy atom. The van der Waals surface area contributed by atoms with Crippen molar-refractivity contribution in [2.24, 2.45) is 0 Å². The van der Waals surface area contributed by atoms with E-state index in [1.807, 2.05) is 6.07 Å². The van der Waals surface area contributed by atoms with Crippen LogP contribution in [0.3, 0.4) is 0 Å². The van der Waals surface area contributed by atoms with E-state index in [0.29, 0.717) is 16.3 Å². The van der Waals surface area contributed by atoms with E-state index in [1.54, 1.807) is 30.3 Å². The fraction of sp³-hybridized carbons (Fsp3) is 0. The molecule has 0 fully saturated rings. The number of ketones is 1. The number of phenolic OH excluding ortho intramolecular Hbond substituents is 1. The Labute approximate surface area is 114 Å². The number of Topliss-reactive ketones (excluding diaryl/α,β-unsaturated/α-hetero) is 1. The zero-order valence-electron chi connectivity index (χ0n) is 9.76. The molecule has 3 rings (SSSR count). The molecule has 0 aliphatic carbocycles. The Bertz CT molecular complexity index is 704. The van der Waals surface area contributed by atoms with Gasteiger partial charge in [0.2, 0.25) is 5.78 Å². The van der Waals surface area contributed by atoms with Crippen molar-refractivity contribution in [3.63, 3.8) is 0 Å². The van der Waals surface area contributed by atoms with Gasteiger partial charge in [0.05, 0.1) is 5.56 Å². The average Bonchev–Trinajstić information content (AvgIpc) is 2.67. The van der Waals surface area contributed by atoms with E-state index in [0.717, 1.165) is 5.56 Å². The molecular formula is C15H9ClO3. The summed E-state index contributed by atoms with van der Waals surface area (Å²) in [6.07, 6.45) is 1.63. The second-order valence-electron chi connectivity index (χ2n) is 4.18. The molecule has 94 valence electrons. The molecule has 0 spiro atoms. The molecule has 1 heterocycles. The van der Waals surface area contributed by atoms with Crippen LogP contribution < -0.4 is 4.74 Å². The largest absolute Gasteiger partial charge is 0.508 e. The van der Waals surface area contributed by atoms with Crippen LogP contribution in [0.2, 0.25) is 5.02 Å². The summed E-state index contributed by atoms with van der Waals surface area (Å²) in [6.45, 7) is 0. The summed E-state index contributed by atoms with van der Waals surface area (Å²) < 4.78 is 5.48. The molecule has 0 saturated carbocycles. The molecule has 19 heavy (non-hydrogen) atoms. The number of halogens is 1. The highest BCUT2D eigenvalue weighted by Crippen LogP contribution is 2.34. The predicted octanol–water partition coefficient (Wildman–Crippen LogP) is 3.66. The summed E-state index contributed by atoms with van der Waals surface area (Å²) in [7, 11) is 0. The number of carbonyl (C=O) groups is 1. The zero-order valence-corrected chi connectivity index (χ0v) is 10.5. The van der Waals surface area contributed by atoms with Crippen LogP contribution in [0.5, 0.6) is 11.5 Å². The van der Waals surface area contributed by atoms with Gasteiger partial charge in [0, 0.05) is 5.02 Å². The molecule has 1 aliphatic rings. The third-order valence-corrected chi connectivity index (χ3v) is 3.03. The molecule has 0 amide bonds. The van der Waals surface area contributed by atoms with Crippen LogP contribution in [-0.2, 0) is 0 Å². The minimum atomic E-state index is -0.245. The lowest BCUT2D eigenvalue weighted by Crippen LogP contribution is -1.97. The van der Waals surface area contributed by atoms with Gasteiger partial charge in [0.25, 0.3) is 0 Å². The van der Waals surface area contributed by atoms with Crippen molar-refractivity contribution in [3.05, 3.63) is 64.4 Å². The highest BCUT2D eigenvalue weighted by molar-refractivity contribution is 6.30. The minimum Gasteiger partial charge on any atom is -0.508 e. The van der Waals surface area contributed by atoms with Crippen molar-refractivity contribution in [3.8, 4) is 11.5 Å². The van der Waals surface area contributed by atoms with E-state index >= 15 is 0 Å². The first-order valence-electron chi connectivity index (χ1n) is 5.66. The van der Waals surface area contributed by atoms with E-state index in [9.17, 15) is 9.90 Å². The molecule has 2 aromatic rings. The van der Waals surface area contributed by atoms with Gasteiger partial charge in [-0.25, -0.2) is 0 Å². The number of carbonyl (C=O) groups excluding carboxylic acids is 1. The Hall–Kier alpha value is -2.26. The zero-order chi connectivity index (χ0) is 13.4. The first-order valence-corrected chi connectivity index (χ1v) is 6.04. The van der Waals surface area contributed by atoms with Gasteiger partial charge in [0.15, 0.2) is 5.76 Å². The lowest BCUT2D eigenvalue weighted by Gasteiger charge is -1.99. The highest BCUT2D eigenvalue weighted by atomic mass is 35.5. The Morgan fingerprint density at radius 1 is 1.16 bits per heavy atom. The number of rotatable bonds is 1. The lowest BCUT2D eigenvalue weighted by atomic mass is 10.1. The van der Waals surface area contributed by atoms with Crippen LogP contribution in [0.15, 0.2) is 48.2 Å². The van der Waals surface area contributed by atoms with E-state index in [4.69, 9.17) is 16.3 Å². The summed E-state index contributed by atoms with van der Waals surface area (Å²) in [5, 5.41) is 9.97. The predicted molar refractivity (Wildman–Crippen MR) is 72.5 cm³/mol. The fourth-order valence-corrected chi connectivity index (χ4v) is 2.12. The van der Waals surface area contributed by atoms with Gasteiger partial charge in [-0.05, 0) is 42.0 Å². The SMILES string of the molecule is O=C1/C(=C/c2cccc(Cl)c2)Oc2ccc(O)cc21. The van der Waals surface area contributed by atoms with Crippen molar-refractivity contribution >= 4 is 23.5 Å². The highest BCUT2D eigenvalue weighted by Gasteiger charge is 2.27. The Morgan fingerprint density at radius 2 is 2.00 bits per heavy atom. The summed E-state index contributed by atoms with van der Waals surface area (Å²) >= 11 is 5.89. The van der Waals surface area contributed by atoms with Crippen molar-refractivity contribution in [1.29, 1.82) is 0 Å². The number of fused-ring (bicyclic) bond motifs is 1. The molecule has 0 radical (unpaired) electrons. The van der Waals surface area contributed by atoms with Crippen molar-refractivity contribution in [2.45, 2.75) is 0 Å². The van der Waals surface area contributed by atoms with Gasteiger partial charge in [-0.15, -0.1) is 0 Å². The number of hydrogen-bond acceptors (Lipinski definition) is 3. The van der Waals surface area contributed by atoms with Crippen molar-refractivity contribution in [2.75, 3.05) is 0 Å². The lowest BCUT2D eigenvalue weighted by molar-refractivity contribution is 0.101. The molecule has 0 unspecified atom stereocenters. The maximum Gasteiger partial charge on any atom is 0.232 e. The van der Waals surface area contributed by atoms with Crippen LogP contribution >= 0.6 is 11.6 Å². The molecule has 0 bridgehead atoms. The first kappa shape index (κ1) is 11.8. The van der Waals surface area contributed by atoms with Crippen LogP contribution in [0.4, 0.5) is 0 Å². The van der Waals surface area contributed by atoms with E-state index < -0.39 is 0 Å². The fourth-order valence-electron chi connectivity index (χ4n) is 1.92. The Balaban J connectivity index is 2.00. The molecule has 2 aromatic carbocycles. The van der Waals surface area contributed by atoms with E-state index in [-0.39, 0.29) is 17.3 Å². The summed E-state index contributed by atoms with van der Waals surface area (Å²) in [6, 6.07) is 11.6. The van der Waals surface area contributed by atoms with Gasteiger partial charge in [-0.1, -0.05) is 23.7 Å². The average molecular weight is 273 g/mol. The molecule has 4 heteroatoms. The molecule has 1 aliphatic heterocycles. The molecule has 0 saturated heterocycles. The molecule has 0 atom stereocenters. The smallest absolute Gasteiger partial charge is 0.232 e. The van der Waals surface area contributed by atoms with Gasteiger partial charge < -0.3 is 9.84 Å². The van der Waals surface area contributed by atoms with Crippen LogP contribution in [0.25, 0.3) is 6.08 Å². The Kier molecular flexibility index (Phi) is 2.76. The number of ether oxygens (including phenoxy) is 1. The van der Waals surface area contributed by atoms with Crippen molar-refractivity contribution < 1.29 is 14.6 Å². The third kappa shape index (κ3) is 2.20. The quantitative estimate of drug-likeness (QED) is 0.806. The van der Waals surface area contributed by atoms with Gasteiger partial charge in [-0.2, -0.15) is 0 Å². The number of phenols is 1. The van der Waals surface area contributed by atoms with Gasteiger partial charge in [-0.3, -0.25) is 4.79 Å². The normalized spacial score (nSPS) is 15.4. The van der Waals surface area contributed by atoms with Crippen LogP contribution in [-0.4, -0.2) is 10.9 Å². The standard InChI is InChI=1S/C15H9ClO3/c16-10-3-1-2-9(6-10)7-14-15(18)12-8-11(17)4-5-13(12)19-14/h1-8,17H/b14-7-. The van der Waals surface area contributed by atoms with Gasteiger partial charge in [0.1, 0.15) is 11.5 Å². The topological polar surface area (TPSA) is 46.5 Å². The minimum absolute atomic E-state index is 0.0414. The number of allylic oxidation sites excluding steroid dienone is 1. The van der Waals surface area contributed by atoms with E-state index in [1.165, 1.54) is 12.1 Å². The molecule has 1 N–H and O–H groups in total. The molecule has 0 aromatic heterocycles. The first-order chi connectivity index (χ1) is 9.13. The second kappa shape index (κ2) is 4.44. The molecule has 3 nitrogen and oxygen atoms in total. The van der Waals surface area contributed by atoms with Crippen LogP contribution in [0.1, 0.15) is 15.9 Å². The summed E-state index contributed by atoms with van der Waals surface area (Å²) in [4.78, 5) is 12.1. The number of benzene rings is 2. The summed E-state index contributed by atoms with van der Waals surface area (Å²) in [5.41, 5.74) is 1.15. The second-order valence-corrected chi connectivity index (χ2v) is 4.61. The maximum absolute atomic E-state index is 12.1. The third-order valence-electron chi connectivity index (χ3n) is 2.80. The van der Waals surface area contributed by atoms with Gasteiger partial charge >= 0.3 is 0 Å². The number of aromatic hydroxyl groups is 1. The molecular weight excluding hydrogens is 264 g/mol. The monoisotopic (exact) mass is 272 g/mol. The maximum atomic E-state index is 12.1. The number of hydrogen-bond donors (Lipinski definition) is 1. The van der Waals surface area contributed by atoms with E-state index in [2.05, 4.69) is 0 Å². The van der Waals surface area contributed by atoms with Crippen LogP contribution in [0, 0.1) is 0 Å². The summed E-state index contributed by atoms with van der Waals surface area (Å²) in [5.74, 6) is 0.476.